The lowest BCUT2D eigenvalue weighted by Crippen LogP contribution is -2.36. The van der Waals surface area contributed by atoms with Gasteiger partial charge in [0, 0.05) is 18.7 Å². The lowest BCUT2D eigenvalue weighted by molar-refractivity contribution is -0.109. The number of hydrogen-bond donors (Lipinski definition) is 1. The molecule has 1 aromatic heterocycles. The van der Waals surface area contributed by atoms with E-state index in [0.29, 0.717) is 65.8 Å². The highest BCUT2D eigenvalue weighted by Crippen LogP contribution is 2.31. The van der Waals surface area contributed by atoms with E-state index in [1.807, 2.05) is 25.1 Å². The summed E-state index contributed by atoms with van der Waals surface area (Å²) in [5, 5.41) is 2.17. The van der Waals surface area contributed by atoms with E-state index in [2.05, 4.69) is 18.0 Å². The monoisotopic (exact) mass is 525 g/mol. The molecule has 2 aromatic carbocycles. The van der Waals surface area contributed by atoms with Crippen LogP contribution in [-0.4, -0.2) is 52.2 Å². The first-order valence-corrected chi connectivity index (χ1v) is 14.1. The summed E-state index contributed by atoms with van der Waals surface area (Å²) in [7, 11) is 0. The predicted molar refractivity (Wildman–Crippen MR) is 147 cm³/mol. The molecule has 1 unspecified atom stereocenters. The summed E-state index contributed by atoms with van der Waals surface area (Å²) < 4.78 is 30.0. The Morgan fingerprint density at radius 1 is 1.14 bits per heavy atom. The summed E-state index contributed by atoms with van der Waals surface area (Å²) >= 11 is -1.74. The van der Waals surface area contributed by atoms with Gasteiger partial charge in [-0.05, 0) is 43.5 Å². The Labute approximate surface area is 220 Å². The second-order valence-corrected chi connectivity index (χ2v) is 10.0. The van der Waals surface area contributed by atoms with Crippen LogP contribution in [0, 0.1) is 0 Å². The molecule has 1 saturated heterocycles. The van der Waals surface area contributed by atoms with Crippen molar-refractivity contribution >= 4 is 28.1 Å². The molecule has 3 aromatic rings. The number of nitrogens with one attached hydrogen (secondary N) is 1. The third-order valence-electron chi connectivity index (χ3n) is 6.04. The number of para-hydroxylation sites is 1. The van der Waals surface area contributed by atoms with Gasteiger partial charge in [0.1, 0.15) is 11.6 Å². The summed E-state index contributed by atoms with van der Waals surface area (Å²) in [6, 6.07) is 10.8. The van der Waals surface area contributed by atoms with Crippen LogP contribution in [0.2, 0.25) is 0 Å². The number of nitrogens with zero attached hydrogens (tertiary/aromatic N) is 2. The Morgan fingerprint density at radius 2 is 1.97 bits per heavy atom. The van der Waals surface area contributed by atoms with Gasteiger partial charge < -0.3 is 14.5 Å². The van der Waals surface area contributed by atoms with Gasteiger partial charge in [-0.3, -0.25) is 4.79 Å². The molecular formula is C28H35N3O5S. The second kappa shape index (κ2) is 13.6. The maximum absolute atomic E-state index is 13.1. The van der Waals surface area contributed by atoms with Crippen molar-refractivity contribution in [3.8, 4) is 17.1 Å². The molecule has 0 spiro atoms. The number of unbranched alkanes of at least 4 members (excludes halogenated alkanes) is 3. The van der Waals surface area contributed by atoms with Crippen molar-refractivity contribution in [3.05, 3.63) is 58.4 Å². The number of benzene rings is 2. The highest BCUT2D eigenvalue weighted by Gasteiger charge is 2.19. The molecule has 1 aliphatic rings. The van der Waals surface area contributed by atoms with Crippen molar-refractivity contribution in [2.24, 2.45) is 0 Å². The van der Waals surface area contributed by atoms with Crippen LogP contribution in [0.25, 0.3) is 28.4 Å². The SMILES string of the molecule is CCCCC/C=C/c1cccc2c(=O)[nH]c(-c3cc(S(=O)ON4CCOCC4)ccc3OCCC)nc12. The van der Waals surface area contributed by atoms with Crippen molar-refractivity contribution in [2.75, 3.05) is 32.9 Å². The van der Waals surface area contributed by atoms with Crippen molar-refractivity contribution in [3.63, 3.8) is 0 Å². The first-order chi connectivity index (χ1) is 18.1. The molecule has 1 fully saturated rings. The minimum Gasteiger partial charge on any atom is -0.493 e. The van der Waals surface area contributed by atoms with Crippen molar-refractivity contribution < 1.29 is 18.0 Å². The molecule has 2 heterocycles. The molecule has 198 valence electrons. The number of fused-ring (bicyclic) bond motifs is 1. The van der Waals surface area contributed by atoms with Gasteiger partial charge >= 0.3 is 0 Å². The Morgan fingerprint density at radius 3 is 2.76 bits per heavy atom. The number of aromatic nitrogens is 2. The third-order valence-corrected chi connectivity index (χ3v) is 7.03. The van der Waals surface area contributed by atoms with Crippen LogP contribution in [0.4, 0.5) is 0 Å². The van der Waals surface area contributed by atoms with E-state index in [1.165, 1.54) is 12.8 Å². The molecule has 9 heteroatoms. The topological polar surface area (TPSA) is 93.8 Å². The highest BCUT2D eigenvalue weighted by molar-refractivity contribution is 7.80. The average Bonchev–Trinajstić information content (AvgIpc) is 2.92. The molecule has 37 heavy (non-hydrogen) atoms. The third kappa shape index (κ3) is 7.13. The van der Waals surface area contributed by atoms with E-state index >= 15 is 0 Å². The van der Waals surface area contributed by atoms with Crippen LogP contribution in [0.5, 0.6) is 5.75 Å². The number of allylic oxidation sites excluding steroid dienone is 1. The Bertz CT molecular complexity index is 1300. The number of H-pyrrole nitrogens is 1. The van der Waals surface area contributed by atoms with Crippen LogP contribution in [0.15, 0.2) is 52.2 Å². The first-order valence-electron chi connectivity index (χ1n) is 13.0. The van der Waals surface area contributed by atoms with Crippen LogP contribution in [-0.2, 0) is 20.1 Å². The number of morpholine rings is 1. The summed E-state index contributed by atoms with van der Waals surface area (Å²) in [6.07, 6.45) is 9.46. The second-order valence-electron chi connectivity index (χ2n) is 8.91. The van der Waals surface area contributed by atoms with Crippen molar-refractivity contribution in [1.29, 1.82) is 0 Å². The zero-order valence-electron chi connectivity index (χ0n) is 21.5. The number of rotatable bonds is 12. The van der Waals surface area contributed by atoms with Crippen molar-refractivity contribution in [1.82, 2.24) is 15.0 Å². The van der Waals surface area contributed by atoms with Gasteiger partial charge in [0.15, 0.2) is 0 Å². The van der Waals surface area contributed by atoms with E-state index < -0.39 is 11.1 Å². The van der Waals surface area contributed by atoms with Gasteiger partial charge in [-0.2, -0.15) is 9.35 Å². The maximum Gasteiger partial charge on any atom is 0.259 e. The maximum atomic E-state index is 13.1. The van der Waals surface area contributed by atoms with Crippen LogP contribution in [0.3, 0.4) is 0 Å². The molecular weight excluding hydrogens is 490 g/mol. The summed E-state index contributed by atoms with van der Waals surface area (Å²) in [6.45, 7) is 6.87. The minimum atomic E-state index is -1.74. The van der Waals surface area contributed by atoms with Gasteiger partial charge in [-0.25, -0.2) is 9.19 Å². The highest BCUT2D eigenvalue weighted by atomic mass is 32.2. The van der Waals surface area contributed by atoms with E-state index in [-0.39, 0.29) is 5.56 Å². The fraction of sp³-hybridized carbons (Fsp3) is 0.429. The van der Waals surface area contributed by atoms with Crippen LogP contribution < -0.4 is 10.3 Å². The minimum absolute atomic E-state index is 0.237. The van der Waals surface area contributed by atoms with Crippen molar-refractivity contribution in [2.45, 2.75) is 50.8 Å². The largest absolute Gasteiger partial charge is 0.493 e. The van der Waals surface area contributed by atoms with Gasteiger partial charge in [0.2, 0.25) is 11.1 Å². The zero-order chi connectivity index (χ0) is 26.0. The first kappa shape index (κ1) is 27.2. The van der Waals surface area contributed by atoms with E-state index in [9.17, 15) is 9.00 Å². The lowest BCUT2D eigenvalue weighted by atomic mass is 10.1. The van der Waals surface area contributed by atoms with E-state index in [4.69, 9.17) is 18.7 Å². The molecule has 1 aliphatic heterocycles. The number of hydrogen-bond acceptors (Lipinski definition) is 7. The number of aromatic amines is 1. The Hall–Kier alpha value is -2.85. The number of hydroxylamine groups is 2. The lowest BCUT2D eigenvalue weighted by Gasteiger charge is -2.24. The van der Waals surface area contributed by atoms with Crippen LogP contribution in [0.1, 0.15) is 51.5 Å². The normalized spacial score (nSPS) is 15.4. The quantitative estimate of drug-likeness (QED) is 0.323. The van der Waals surface area contributed by atoms with E-state index in [1.54, 1.807) is 29.3 Å². The Balaban J connectivity index is 1.71. The van der Waals surface area contributed by atoms with Gasteiger partial charge in [0.25, 0.3) is 5.56 Å². The summed E-state index contributed by atoms with van der Waals surface area (Å²) in [4.78, 5) is 21.3. The molecule has 0 radical (unpaired) electrons. The molecule has 1 atom stereocenters. The number of ether oxygens (including phenoxy) is 2. The van der Waals surface area contributed by atoms with Crippen LogP contribution >= 0.6 is 0 Å². The van der Waals surface area contributed by atoms with E-state index in [0.717, 1.165) is 24.8 Å². The fourth-order valence-electron chi connectivity index (χ4n) is 4.06. The predicted octanol–water partition coefficient (Wildman–Crippen LogP) is 5.26. The molecule has 0 bridgehead atoms. The Kier molecular flexibility index (Phi) is 10.0. The fourth-order valence-corrected chi connectivity index (χ4v) is 4.88. The van der Waals surface area contributed by atoms with Gasteiger partial charge in [-0.1, -0.05) is 51.0 Å². The standard InChI is InChI=1S/C28H35N3O5S/c1-3-5-6-7-8-10-21-11-9-12-23-26(21)29-27(30-28(23)32)24-20-22(13-14-25(24)35-17-4-2)37(33)36-31-15-18-34-19-16-31/h8-14,20H,3-7,15-19H2,1-2H3,(H,29,30,32)/b10-8+. The summed E-state index contributed by atoms with van der Waals surface area (Å²) in [5.74, 6) is 0.921. The smallest absolute Gasteiger partial charge is 0.259 e. The molecule has 0 aliphatic carbocycles. The molecule has 1 N–H and O–H groups in total. The molecule has 4 rings (SSSR count). The molecule has 0 saturated carbocycles. The summed E-state index contributed by atoms with van der Waals surface area (Å²) in [5.41, 5.74) is 1.82. The zero-order valence-corrected chi connectivity index (χ0v) is 22.4. The van der Waals surface area contributed by atoms with Gasteiger partial charge in [0.05, 0.1) is 41.2 Å². The molecule has 8 nitrogen and oxygen atoms in total. The van der Waals surface area contributed by atoms with Gasteiger partial charge in [-0.15, -0.1) is 0 Å². The molecule has 0 amide bonds. The average molecular weight is 526 g/mol.